The molecule has 22 heavy (non-hydrogen) atoms. The number of hydrogen-bond acceptors (Lipinski definition) is 5. The van der Waals surface area contributed by atoms with Crippen LogP contribution in [0.4, 0.5) is 0 Å². The number of fused-ring (bicyclic) bond motifs is 1. The Hall–Kier alpha value is -1.59. The van der Waals surface area contributed by atoms with E-state index in [4.69, 9.17) is 14.2 Å². The predicted molar refractivity (Wildman–Crippen MR) is 82.9 cm³/mol. The van der Waals surface area contributed by atoms with Gasteiger partial charge in [0.05, 0.1) is 33.0 Å². The quantitative estimate of drug-likeness (QED) is 0.848. The monoisotopic (exact) mass is 305 g/mol. The number of morpholine rings is 1. The smallest absolute Gasteiger partial charge is 0.171 e. The van der Waals surface area contributed by atoms with Crippen LogP contribution in [0.2, 0.25) is 0 Å². The Labute approximate surface area is 131 Å². The van der Waals surface area contributed by atoms with Crippen LogP contribution in [0.15, 0.2) is 12.1 Å². The topological polar surface area (TPSA) is 48.0 Å². The summed E-state index contributed by atoms with van der Waals surface area (Å²) in [6.07, 6.45) is 1.73. The van der Waals surface area contributed by atoms with E-state index >= 15 is 0 Å². The molecule has 1 atom stereocenters. The van der Waals surface area contributed by atoms with Crippen molar-refractivity contribution >= 4 is 5.78 Å². The van der Waals surface area contributed by atoms with Crippen molar-refractivity contribution in [3.63, 3.8) is 0 Å². The fraction of sp³-hybridized carbons (Fsp3) is 0.588. The molecule has 1 unspecified atom stereocenters. The second-order valence-electron chi connectivity index (χ2n) is 5.84. The van der Waals surface area contributed by atoms with Gasteiger partial charge < -0.3 is 14.2 Å². The largest absolute Gasteiger partial charge is 0.496 e. The van der Waals surface area contributed by atoms with Crippen LogP contribution < -0.4 is 9.47 Å². The molecule has 0 amide bonds. The van der Waals surface area contributed by atoms with Crippen LogP contribution in [0, 0.1) is 5.92 Å². The van der Waals surface area contributed by atoms with Gasteiger partial charge in [-0.05, 0) is 25.0 Å². The Morgan fingerprint density at radius 3 is 2.55 bits per heavy atom. The first-order chi connectivity index (χ1) is 10.7. The molecule has 0 spiro atoms. The Balaban J connectivity index is 1.84. The lowest BCUT2D eigenvalue weighted by Gasteiger charge is -2.32. The molecule has 1 aromatic carbocycles. The highest BCUT2D eigenvalue weighted by Crippen LogP contribution is 2.38. The van der Waals surface area contributed by atoms with E-state index in [2.05, 4.69) is 4.90 Å². The van der Waals surface area contributed by atoms with Crippen molar-refractivity contribution in [1.82, 2.24) is 4.90 Å². The van der Waals surface area contributed by atoms with Crippen molar-refractivity contribution < 1.29 is 19.0 Å². The molecule has 1 aliphatic carbocycles. The predicted octanol–water partition coefficient (Wildman–Crippen LogP) is 1.78. The van der Waals surface area contributed by atoms with Gasteiger partial charge in [0, 0.05) is 31.1 Å². The third-order valence-electron chi connectivity index (χ3n) is 4.61. The lowest BCUT2D eigenvalue weighted by Crippen LogP contribution is -2.42. The zero-order valence-corrected chi connectivity index (χ0v) is 13.3. The van der Waals surface area contributed by atoms with E-state index in [0.717, 1.165) is 57.0 Å². The number of methoxy groups -OCH3 is 2. The molecule has 1 fully saturated rings. The van der Waals surface area contributed by atoms with E-state index in [1.807, 2.05) is 12.1 Å². The Morgan fingerprint density at radius 2 is 1.86 bits per heavy atom. The summed E-state index contributed by atoms with van der Waals surface area (Å²) >= 11 is 0. The number of benzene rings is 1. The van der Waals surface area contributed by atoms with Crippen molar-refractivity contribution in [3.05, 3.63) is 23.3 Å². The molecule has 0 bridgehead atoms. The summed E-state index contributed by atoms with van der Waals surface area (Å²) in [5, 5.41) is 0. The average Bonchev–Trinajstić information content (AvgIpc) is 2.57. The molecule has 0 N–H and O–H groups in total. The average molecular weight is 305 g/mol. The van der Waals surface area contributed by atoms with Gasteiger partial charge in [-0.15, -0.1) is 0 Å². The van der Waals surface area contributed by atoms with E-state index in [1.165, 1.54) is 0 Å². The number of ether oxygens (including phenoxy) is 3. The van der Waals surface area contributed by atoms with Crippen LogP contribution in [0.1, 0.15) is 22.3 Å². The number of carbonyl (C=O) groups excluding carboxylic acids is 1. The highest BCUT2D eigenvalue weighted by molar-refractivity contribution is 6.03. The minimum atomic E-state index is 0.0339. The summed E-state index contributed by atoms with van der Waals surface area (Å²) in [7, 11) is 3.26. The minimum Gasteiger partial charge on any atom is -0.496 e. The molecule has 1 aliphatic heterocycles. The highest BCUT2D eigenvalue weighted by atomic mass is 16.5. The number of hydrogen-bond donors (Lipinski definition) is 0. The van der Waals surface area contributed by atoms with Gasteiger partial charge in [0.15, 0.2) is 5.78 Å². The van der Waals surface area contributed by atoms with Crippen molar-refractivity contribution in [3.8, 4) is 11.5 Å². The van der Waals surface area contributed by atoms with Gasteiger partial charge in [-0.1, -0.05) is 0 Å². The lowest BCUT2D eigenvalue weighted by atomic mass is 9.81. The zero-order chi connectivity index (χ0) is 15.5. The van der Waals surface area contributed by atoms with Crippen molar-refractivity contribution in [2.24, 2.45) is 5.92 Å². The number of carbonyl (C=O) groups is 1. The normalized spacial score (nSPS) is 22.3. The summed E-state index contributed by atoms with van der Waals surface area (Å²) in [5.41, 5.74) is 1.71. The summed E-state index contributed by atoms with van der Waals surface area (Å²) < 4.78 is 16.2. The van der Waals surface area contributed by atoms with Gasteiger partial charge in [-0.2, -0.15) is 0 Å². The Morgan fingerprint density at radius 1 is 1.18 bits per heavy atom. The molecule has 5 nitrogen and oxygen atoms in total. The third kappa shape index (κ3) is 2.83. The molecule has 0 saturated carbocycles. The maximum atomic E-state index is 12.9. The Bertz CT molecular complexity index is 552. The van der Waals surface area contributed by atoms with Gasteiger partial charge in [0.2, 0.25) is 0 Å². The molecule has 120 valence electrons. The van der Waals surface area contributed by atoms with Crippen LogP contribution >= 0.6 is 0 Å². The summed E-state index contributed by atoms with van der Waals surface area (Å²) in [6.45, 7) is 4.14. The van der Waals surface area contributed by atoms with Crippen LogP contribution in [-0.2, 0) is 11.2 Å². The highest BCUT2D eigenvalue weighted by Gasteiger charge is 2.33. The van der Waals surface area contributed by atoms with Gasteiger partial charge in [0.1, 0.15) is 11.5 Å². The molecule has 2 aliphatic rings. The fourth-order valence-electron chi connectivity index (χ4n) is 3.41. The molecule has 0 aromatic heterocycles. The molecule has 1 saturated heterocycles. The summed E-state index contributed by atoms with van der Waals surface area (Å²) in [4.78, 5) is 15.3. The number of rotatable bonds is 4. The lowest BCUT2D eigenvalue weighted by molar-refractivity contribution is 0.0291. The number of Topliss-reactive ketones (excluding diaryl/α,β-unsaturated/α-hetero) is 1. The van der Waals surface area contributed by atoms with E-state index in [-0.39, 0.29) is 11.7 Å². The van der Waals surface area contributed by atoms with Crippen LogP contribution in [0.3, 0.4) is 0 Å². The SMILES string of the molecule is COc1ccc(OC)c2c1CCC(CN1CCOCC1)C2=O. The van der Waals surface area contributed by atoms with Crippen molar-refractivity contribution in [1.29, 1.82) is 0 Å². The first kappa shape index (κ1) is 15.3. The zero-order valence-electron chi connectivity index (χ0n) is 13.3. The molecule has 1 heterocycles. The summed E-state index contributed by atoms with van der Waals surface area (Å²) in [6, 6.07) is 3.71. The van der Waals surface area contributed by atoms with Crippen LogP contribution in [-0.4, -0.2) is 57.8 Å². The second kappa shape index (κ2) is 6.67. The number of nitrogens with zero attached hydrogens (tertiary/aromatic N) is 1. The number of ketones is 1. The molecule has 1 aromatic rings. The maximum Gasteiger partial charge on any atom is 0.171 e. The summed E-state index contributed by atoms with van der Waals surface area (Å²) in [5.74, 6) is 1.66. The van der Waals surface area contributed by atoms with Gasteiger partial charge in [-0.3, -0.25) is 9.69 Å². The van der Waals surface area contributed by atoms with Gasteiger partial charge in [-0.25, -0.2) is 0 Å². The minimum absolute atomic E-state index is 0.0339. The first-order valence-electron chi connectivity index (χ1n) is 7.82. The van der Waals surface area contributed by atoms with Crippen molar-refractivity contribution in [2.45, 2.75) is 12.8 Å². The van der Waals surface area contributed by atoms with E-state index in [1.54, 1.807) is 14.2 Å². The molecule has 3 rings (SSSR count). The first-order valence-corrected chi connectivity index (χ1v) is 7.82. The third-order valence-corrected chi connectivity index (χ3v) is 4.61. The molecular weight excluding hydrogens is 282 g/mol. The van der Waals surface area contributed by atoms with Gasteiger partial charge >= 0.3 is 0 Å². The standard InChI is InChI=1S/C17H23NO4/c1-20-14-5-6-15(21-2)16-13(14)4-3-12(17(16)19)11-18-7-9-22-10-8-18/h5-6,12H,3-4,7-11H2,1-2H3. The molecule has 5 heteroatoms. The van der Waals surface area contributed by atoms with Crippen LogP contribution in [0.5, 0.6) is 11.5 Å². The second-order valence-corrected chi connectivity index (χ2v) is 5.84. The molecular formula is C17H23NO4. The van der Waals surface area contributed by atoms with E-state index < -0.39 is 0 Å². The van der Waals surface area contributed by atoms with E-state index in [9.17, 15) is 4.79 Å². The van der Waals surface area contributed by atoms with Crippen LogP contribution in [0.25, 0.3) is 0 Å². The maximum absolute atomic E-state index is 12.9. The Kier molecular flexibility index (Phi) is 4.64. The van der Waals surface area contributed by atoms with Crippen molar-refractivity contribution in [2.75, 3.05) is 47.1 Å². The fourth-order valence-corrected chi connectivity index (χ4v) is 3.41. The van der Waals surface area contributed by atoms with Gasteiger partial charge in [0.25, 0.3) is 0 Å². The van der Waals surface area contributed by atoms with E-state index in [0.29, 0.717) is 11.3 Å². The molecule has 0 radical (unpaired) electrons.